The highest BCUT2D eigenvalue weighted by Gasteiger charge is 2.47. The van der Waals surface area contributed by atoms with Crippen molar-refractivity contribution in [1.82, 2.24) is 19.9 Å². The van der Waals surface area contributed by atoms with Crippen LogP contribution in [0.1, 0.15) is 31.2 Å². The molecule has 2 saturated heterocycles. The molecule has 2 atom stereocenters. The average Bonchev–Trinajstić information content (AvgIpc) is 3.34. The lowest BCUT2D eigenvalue weighted by Gasteiger charge is -2.42. The fraction of sp³-hybridized carbons (Fsp3) is 0.500. The van der Waals surface area contributed by atoms with E-state index in [1.807, 2.05) is 25.1 Å². The molecule has 0 amide bonds. The number of hydrogen-bond acceptors (Lipinski definition) is 7. The van der Waals surface area contributed by atoms with Gasteiger partial charge in [-0.2, -0.15) is 0 Å². The largest absolute Gasteiger partial charge is 0.390 e. The van der Waals surface area contributed by atoms with Gasteiger partial charge in [0.25, 0.3) is 0 Å². The van der Waals surface area contributed by atoms with Gasteiger partial charge in [-0.15, -0.1) is 0 Å². The van der Waals surface area contributed by atoms with E-state index < -0.39 is 0 Å². The summed E-state index contributed by atoms with van der Waals surface area (Å²) in [6.45, 7) is 6.29. The lowest BCUT2D eigenvalue weighted by atomic mass is 9.73. The van der Waals surface area contributed by atoms with Gasteiger partial charge < -0.3 is 25.5 Å². The third kappa shape index (κ3) is 3.07. The van der Waals surface area contributed by atoms with Crippen LogP contribution in [-0.2, 0) is 11.3 Å². The molecule has 0 bridgehead atoms. The third-order valence-electron chi connectivity index (χ3n) is 6.87. The number of piperidine rings is 1. The van der Waals surface area contributed by atoms with Crippen LogP contribution in [0, 0.1) is 12.3 Å². The molecule has 0 radical (unpaired) electrons. The fourth-order valence-electron chi connectivity index (χ4n) is 4.89. The van der Waals surface area contributed by atoms with Gasteiger partial charge in [0.05, 0.1) is 48.1 Å². The van der Waals surface area contributed by atoms with Gasteiger partial charge >= 0.3 is 0 Å². The fourth-order valence-corrected chi connectivity index (χ4v) is 4.89. The number of H-pyrrole nitrogens is 1. The van der Waals surface area contributed by atoms with E-state index in [0.717, 1.165) is 66.3 Å². The smallest absolute Gasteiger partial charge is 0.153 e. The zero-order valence-electron chi connectivity index (χ0n) is 17.4. The maximum absolute atomic E-state index is 10.0. The molecular weight excluding hydrogens is 380 g/mol. The molecule has 0 saturated carbocycles. The minimum Gasteiger partial charge on any atom is -0.390 e. The summed E-state index contributed by atoms with van der Waals surface area (Å²) >= 11 is 0. The molecule has 4 heterocycles. The molecule has 1 aromatic carbocycles. The van der Waals surface area contributed by atoms with E-state index in [-0.39, 0.29) is 24.2 Å². The number of rotatable bonds is 3. The van der Waals surface area contributed by atoms with E-state index in [2.05, 4.69) is 21.8 Å². The van der Waals surface area contributed by atoms with Gasteiger partial charge in [0.2, 0.25) is 0 Å². The molecule has 5 rings (SSSR count). The number of nitrogens with one attached hydrogen (secondary N) is 1. The van der Waals surface area contributed by atoms with Crippen molar-refractivity contribution < 1.29 is 9.84 Å². The number of fused-ring (bicyclic) bond motifs is 1. The molecule has 158 valence electrons. The SMILES string of the molecule is Cc1nc(N2CCC3(CC2)CO[C@@H](C)[C@H]3N)c(CO)nc1-c1ccc2nc[nH]c2c1. The molecule has 2 aromatic heterocycles. The Balaban J connectivity index is 1.43. The number of hydrogen-bond donors (Lipinski definition) is 3. The maximum atomic E-state index is 10.0. The number of ether oxygens (including phenoxy) is 1. The number of benzene rings is 1. The second-order valence-electron chi connectivity index (χ2n) is 8.61. The minimum atomic E-state index is -0.150. The highest BCUT2D eigenvalue weighted by molar-refractivity contribution is 5.81. The zero-order chi connectivity index (χ0) is 20.9. The van der Waals surface area contributed by atoms with E-state index >= 15 is 0 Å². The first-order chi connectivity index (χ1) is 14.5. The monoisotopic (exact) mass is 408 g/mol. The van der Waals surface area contributed by atoms with Crippen LogP contribution in [0.5, 0.6) is 0 Å². The van der Waals surface area contributed by atoms with Crippen molar-refractivity contribution in [2.75, 3.05) is 24.6 Å². The Kier molecular flexibility index (Phi) is 4.72. The van der Waals surface area contributed by atoms with Crippen molar-refractivity contribution in [3.8, 4) is 11.3 Å². The van der Waals surface area contributed by atoms with Crippen molar-refractivity contribution in [1.29, 1.82) is 0 Å². The molecule has 8 nitrogen and oxygen atoms in total. The number of aliphatic hydroxyl groups is 1. The maximum Gasteiger partial charge on any atom is 0.153 e. The van der Waals surface area contributed by atoms with Gasteiger partial charge in [0, 0.05) is 30.1 Å². The second-order valence-corrected chi connectivity index (χ2v) is 8.61. The Bertz CT molecular complexity index is 1070. The standard InChI is InChI=1S/C22H28N6O2/c1-13-19(15-3-4-16-17(9-15)25-12-24-16)27-18(10-29)21(26-13)28-7-5-22(6-8-28)11-30-14(2)20(22)23/h3-4,9,12,14,20,29H,5-8,10-11,23H2,1-2H3,(H,24,25)/t14-,20+/m0/s1. The minimum absolute atomic E-state index is 0.0528. The number of imidazole rings is 1. The quantitative estimate of drug-likeness (QED) is 0.608. The third-order valence-corrected chi connectivity index (χ3v) is 6.87. The topological polar surface area (TPSA) is 113 Å². The molecule has 2 fully saturated rings. The second kappa shape index (κ2) is 7.30. The summed E-state index contributed by atoms with van der Waals surface area (Å²) in [5.41, 5.74) is 11.6. The Morgan fingerprint density at radius 2 is 2.10 bits per heavy atom. The van der Waals surface area contributed by atoms with Crippen LogP contribution >= 0.6 is 0 Å². The summed E-state index contributed by atoms with van der Waals surface area (Å²) in [6, 6.07) is 6.05. The molecule has 2 aliphatic heterocycles. The summed E-state index contributed by atoms with van der Waals surface area (Å²) < 4.78 is 5.83. The Morgan fingerprint density at radius 3 is 2.80 bits per heavy atom. The molecule has 30 heavy (non-hydrogen) atoms. The molecule has 3 aromatic rings. The van der Waals surface area contributed by atoms with Gasteiger partial charge in [-0.25, -0.2) is 15.0 Å². The first kappa shape index (κ1) is 19.4. The lowest BCUT2D eigenvalue weighted by molar-refractivity contribution is 0.0973. The number of aliphatic hydroxyl groups excluding tert-OH is 1. The van der Waals surface area contributed by atoms with E-state index in [4.69, 9.17) is 20.4 Å². The van der Waals surface area contributed by atoms with Crippen LogP contribution in [-0.4, -0.2) is 56.9 Å². The molecule has 0 unspecified atom stereocenters. The highest BCUT2D eigenvalue weighted by Crippen LogP contribution is 2.42. The summed E-state index contributed by atoms with van der Waals surface area (Å²) in [4.78, 5) is 19.3. The van der Waals surface area contributed by atoms with Crippen molar-refractivity contribution in [3.05, 3.63) is 35.9 Å². The van der Waals surface area contributed by atoms with E-state index in [1.165, 1.54) is 0 Å². The number of nitrogens with zero attached hydrogens (tertiary/aromatic N) is 4. The van der Waals surface area contributed by atoms with Gasteiger partial charge in [0.15, 0.2) is 5.82 Å². The van der Waals surface area contributed by atoms with Gasteiger partial charge in [-0.05, 0) is 38.8 Å². The van der Waals surface area contributed by atoms with E-state index in [9.17, 15) is 5.11 Å². The van der Waals surface area contributed by atoms with Crippen LogP contribution in [0.25, 0.3) is 22.3 Å². The van der Waals surface area contributed by atoms with E-state index in [1.54, 1.807) is 6.33 Å². The van der Waals surface area contributed by atoms with Crippen LogP contribution < -0.4 is 10.6 Å². The van der Waals surface area contributed by atoms with Crippen LogP contribution in [0.3, 0.4) is 0 Å². The first-order valence-electron chi connectivity index (χ1n) is 10.5. The first-order valence-corrected chi connectivity index (χ1v) is 10.5. The number of aryl methyl sites for hydroxylation is 1. The molecular formula is C22H28N6O2. The normalized spacial score (nSPS) is 23.5. The van der Waals surface area contributed by atoms with Crippen molar-refractivity contribution >= 4 is 16.9 Å². The number of anilines is 1. The van der Waals surface area contributed by atoms with Crippen LogP contribution in [0.2, 0.25) is 0 Å². The molecule has 8 heteroatoms. The molecule has 2 aliphatic rings. The average molecular weight is 409 g/mol. The van der Waals surface area contributed by atoms with Gasteiger partial charge in [-0.1, -0.05) is 6.07 Å². The lowest BCUT2D eigenvalue weighted by Crippen LogP contribution is -2.51. The van der Waals surface area contributed by atoms with Crippen molar-refractivity contribution in [2.24, 2.45) is 11.1 Å². The number of aromatic amines is 1. The summed E-state index contributed by atoms with van der Waals surface area (Å²) in [6.07, 6.45) is 3.71. The molecule has 4 N–H and O–H groups in total. The van der Waals surface area contributed by atoms with Crippen molar-refractivity contribution in [3.63, 3.8) is 0 Å². The van der Waals surface area contributed by atoms with E-state index in [0.29, 0.717) is 5.69 Å². The van der Waals surface area contributed by atoms with Gasteiger partial charge in [-0.3, -0.25) is 0 Å². The van der Waals surface area contributed by atoms with Crippen LogP contribution in [0.4, 0.5) is 5.82 Å². The summed E-state index contributed by atoms with van der Waals surface area (Å²) in [5.74, 6) is 0.775. The Hall–Kier alpha value is -2.55. The number of aromatic nitrogens is 4. The predicted octanol–water partition coefficient (Wildman–Crippen LogP) is 2.15. The van der Waals surface area contributed by atoms with Crippen LogP contribution in [0.15, 0.2) is 24.5 Å². The zero-order valence-corrected chi connectivity index (χ0v) is 17.4. The molecule has 1 spiro atoms. The summed E-state index contributed by atoms with van der Waals surface area (Å²) in [5, 5.41) is 10.0. The van der Waals surface area contributed by atoms with Crippen molar-refractivity contribution in [2.45, 2.75) is 45.4 Å². The number of nitrogens with two attached hydrogens (primary N) is 1. The molecule has 0 aliphatic carbocycles. The van der Waals surface area contributed by atoms with Gasteiger partial charge in [0.1, 0.15) is 5.69 Å². The Morgan fingerprint density at radius 1 is 1.30 bits per heavy atom. The highest BCUT2D eigenvalue weighted by atomic mass is 16.5. The Labute approximate surface area is 175 Å². The summed E-state index contributed by atoms with van der Waals surface area (Å²) in [7, 11) is 0. The predicted molar refractivity (Wildman–Crippen MR) is 115 cm³/mol.